The molecule has 1 aromatic carbocycles. The van der Waals surface area contributed by atoms with Gasteiger partial charge in [0.15, 0.2) is 0 Å². The summed E-state index contributed by atoms with van der Waals surface area (Å²) >= 11 is 0. The van der Waals surface area contributed by atoms with Crippen molar-refractivity contribution < 1.29 is 14.6 Å². The third-order valence-electron chi connectivity index (χ3n) is 3.25. The Morgan fingerprint density at radius 1 is 1.47 bits per heavy atom. The monoisotopic (exact) mass is 266 g/mol. The van der Waals surface area contributed by atoms with Gasteiger partial charge in [-0.1, -0.05) is 13.8 Å². The Morgan fingerprint density at radius 3 is 2.63 bits per heavy atom. The van der Waals surface area contributed by atoms with Crippen LogP contribution in [0.4, 0.5) is 5.69 Å². The molecule has 0 bridgehead atoms. The van der Waals surface area contributed by atoms with E-state index in [9.17, 15) is 4.79 Å². The maximum atomic E-state index is 11.0. The Hall–Kier alpha value is -1.75. The Balaban J connectivity index is 2.85. The molecule has 0 aliphatic heterocycles. The Kier molecular flexibility index (Phi) is 5.63. The van der Waals surface area contributed by atoms with Crippen LogP contribution in [0, 0.1) is 11.8 Å². The molecule has 4 N–H and O–H groups in total. The number of carboxylic acids is 1. The summed E-state index contributed by atoms with van der Waals surface area (Å²) in [5, 5.41) is 12.2. The van der Waals surface area contributed by atoms with Gasteiger partial charge in [0.2, 0.25) is 0 Å². The van der Waals surface area contributed by atoms with Crippen LogP contribution in [0.1, 0.15) is 24.2 Å². The van der Waals surface area contributed by atoms with Crippen LogP contribution in [-0.2, 0) is 0 Å². The first-order chi connectivity index (χ1) is 8.99. The molecule has 0 aliphatic rings. The summed E-state index contributed by atoms with van der Waals surface area (Å²) in [6, 6.07) is 4.75. The zero-order valence-electron chi connectivity index (χ0n) is 11.6. The number of rotatable bonds is 7. The average Bonchev–Trinajstić information content (AvgIpc) is 2.38. The van der Waals surface area contributed by atoms with Crippen molar-refractivity contribution >= 4 is 11.7 Å². The van der Waals surface area contributed by atoms with Gasteiger partial charge < -0.3 is 20.9 Å². The average molecular weight is 266 g/mol. The van der Waals surface area contributed by atoms with Gasteiger partial charge >= 0.3 is 5.97 Å². The van der Waals surface area contributed by atoms with Crippen LogP contribution in [0.25, 0.3) is 0 Å². The number of hydrogen-bond acceptors (Lipinski definition) is 4. The molecule has 0 saturated carbocycles. The molecule has 0 aromatic heterocycles. The van der Waals surface area contributed by atoms with Crippen LogP contribution in [0.2, 0.25) is 0 Å². The van der Waals surface area contributed by atoms with E-state index in [1.165, 1.54) is 6.07 Å². The van der Waals surface area contributed by atoms with E-state index in [-0.39, 0.29) is 5.56 Å². The summed E-state index contributed by atoms with van der Waals surface area (Å²) in [6.45, 7) is 5.51. The molecule has 0 heterocycles. The van der Waals surface area contributed by atoms with Gasteiger partial charge in [-0.3, -0.25) is 0 Å². The van der Waals surface area contributed by atoms with Gasteiger partial charge in [-0.15, -0.1) is 0 Å². The van der Waals surface area contributed by atoms with Crippen molar-refractivity contribution in [3.63, 3.8) is 0 Å². The standard InChI is InChI=1S/C14H22N2O3/c1-9(2)11(7-15)8-16-12-6-10(14(17)18)4-5-13(12)19-3/h4-6,9,11,16H,7-8,15H2,1-3H3,(H,17,18). The third-order valence-corrected chi connectivity index (χ3v) is 3.25. The van der Waals surface area contributed by atoms with Crippen molar-refractivity contribution in [1.29, 1.82) is 0 Å². The predicted molar refractivity (Wildman–Crippen MR) is 75.8 cm³/mol. The minimum Gasteiger partial charge on any atom is -0.495 e. The quantitative estimate of drug-likeness (QED) is 0.703. The molecule has 1 aromatic rings. The fourth-order valence-corrected chi connectivity index (χ4v) is 1.81. The second kappa shape index (κ2) is 6.99. The highest BCUT2D eigenvalue weighted by atomic mass is 16.5. The van der Waals surface area contributed by atoms with E-state index in [4.69, 9.17) is 15.6 Å². The maximum absolute atomic E-state index is 11.0. The fourth-order valence-electron chi connectivity index (χ4n) is 1.81. The molecule has 0 radical (unpaired) electrons. The van der Waals surface area contributed by atoms with Crippen molar-refractivity contribution in [1.82, 2.24) is 0 Å². The van der Waals surface area contributed by atoms with Crippen LogP contribution < -0.4 is 15.8 Å². The number of nitrogens with two attached hydrogens (primary N) is 1. The number of nitrogens with one attached hydrogen (secondary N) is 1. The summed E-state index contributed by atoms with van der Waals surface area (Å²) in [7, 11) is 1.56. The summed E-state index contributed by atoms with van der Waals surface area (Å²) in [4.78, 5) is 11.0. The molecule has 0 aliphatic carbocycles. The number of ether oxygens (including phenoxy) is 1. The number of aromatic carboxylic acids is 1. The second-order valence-corrected chi connectivity index (χ2v) is 4.84. The van der Waals surface area contributed by atoms with Gasteiger partial charge in [-0.2, -0.15) is 0 Å². The molecular formula is C14H22N2O3. The predicted octanol–water partition coefficient (Wildman–Crippen LogP) is 2.04. The van der Waals surface area contributed by atoms with Gasteiger partial charge in [-0.05, 0) is 36.6 Å². The highest BCUT2D eigenvalue weighted by molar-refractivity contribution is 5.89. The van der Waals surface area contributed by atoms with Crippen molar-refractivity contribution in [2.45, 2.75) is 13.8 Å². The van der Waals surface area contributed by atoms with Gasteiger partial charge in [0.25, 0.3) is 0 Å². The van der Waals surface area contributed by atoms with Crippen molar-refractivity contribution in [2.75, 3.05) is 25.5 Å². The minimum absolute atomic E-state index is 0.233. The zero-order chi connectivity index (χ0) is 14.4. The first-order valence-corrected chi connectivity index (χ1v) is 6.34. The number of carboxylic acid groups (broad SMARTS) is 1. The minimum atomic E-state index is -0.954. The molecule has 0 amide bonds. The molecule has 106 valence electrons. The lowest BCUT2D eigenvalue weighted by Gasteiger charge is -2.21. The summed E-state index contributed by atoms with van der Waals surface area (Å²) in [6.07, 6.45) is 0. The topological polar surface area (TPSA) is 84.6 Å². The van der Waals surface area contributed by atoms with Crippen LogP contribution in [0.3, 0.4) is 0 Å². The smallest absolute Gasteiger partial charge is 0.335 e. The van der Waals surface area contributed by atoms with Crippen LogP contribution >= 0.6 is 0 Å². The van der Waals surface area contributed by atoms with Crippen molar-refractivity contribution in [2.24, 2.45) is 17.6 Å². The van der Waals surface area contributed by atoms with Gasteiger partial charge in [-0.25, -0.2) is 4.79 Å². The van der Waals surface area contributed by atoms with E-state index in [0.29, 0.717) is 36.4 Å². The Morgan fingerprint density at radius 2 is 2.16 bits per heavy atom. The van der Waals surface area contributed by atoms with Gasteiger partial charge in [0.1, 0.15) is 5.75 Å². The van der Waals surface area contributed by atoms with Crippen LogP contribution in [-0.4, -0.2) is 31.3 Å². The molecule has 0 saturated heterocycles. The van der Waals surface area contributed by atoms with Crippen molar-refractivity contribution in [3.05, 3.63) is 23.8 Å². The highest BCUT2D eigenvalue weighted by Crippen LogP contribution is 2.26. The second-order valence-electron chi connectivity index (χ2n) is 4.84. The molecule has 5 nitrogen and oxygen atoms in total. The van der Waals surface area contributed by atoms with E-state index < -0.39 is 5.97 Å². The van der Waals surface area contributed by atoms with Crippen LogP contribution in [0.15, 0.2) is 18.2 Å². The van der Waals surface area contributed by atoms with Gasteiger partial charge in [0.05, 0.1) is 18.4 Å². The molecule has 19 heavy (non-hydrogen) atoms. The third kappa shape index (κ3) is 4.13. The highest BCUT2D eigenvalue weighted by Gasteiger charge is 2.13. The molecule has 0 fully saturated rings. The molecular weight excluding hydrogens is 244 g/mol. The lowest BCUT2D eigenvalue weighted by Crippen LogP contribution is -2.27. The maximum Gasteiger partial charge on any atom is 0.335 e. The normalized spacial score (nSPS) is 12.3. The Labute approximate surface area is 113 Å². The molecule has 1 unspecified atom stereocenters. The largest absolute Gasteiger partial charge is 0.495 e. The number of methoxy groups -OCH3 is 1. The summed E-state index contributed by atoms with van der Waals surface area (Å²) in [5.74, 6) is 0.471. The molecule has 1 atom stereocenters. The lowest BCUT2D eigenvalue weighted by molar-refractivity contribution is 0.0697. The van der Waals surface area contributed by atoms with Crippen LogP contribution in [0.5, 0.6) is 5.75 Å². The molecule has 5 heteroatoms. The van der Waals surface area contributed by atoms with Crippen molar-refractivity contribution in [3.8, 4) is 5.75 Å². The molecule has 1 rings (SSSR count). The van der Waals surface area contributed by atoms with Gasteiger partial charge in [0, 0.05) is 6.54 Å². The SMILES string of the molecule is COc1ccc(C(=O)O)cc1NCC(CN)C(C)C. The summed E-state index contributed by atoms with van der Waals surface area (Å²) in [5.41, 5.74) is 6.64. The first kappa shape index (κ1) is 15.3. The number of hydrogen-bond donors (Lipinski definition) is 3. The lowest BCUT2D eigenvalue weighted by atomic mass is 9.96. The first-order valence-electron chi connectivity index (χ1n) is 6.34. The fraction of sp³-hybridized carbons (Fsp3) is 0.500. The van der Waals surface area contributed by atoms with E-state index >= 15 is 0 Å². The molecule has 0 spiro atoms. The van der Waals surface area contributed by atoms with E-state index in [1.54, 1.807) is 19.2 Å². The number of benzene rings is 1. The number of carbonyl (C=O) groups is 1. The summed E-state index contributed by atoms with van der Waals surface area (Å²) < 4.78 is 5.22. The Bertz CT molecular complexity index is 433. The van der Waals surface area contributed by atoms with E-state index in [1.807, 2.05) is 0 Å². The number of anilines is 1. The van der Waals surface area contributed by atoms with E-state index in [0.717, 1.165) is 0 Å². The van der Waals surface area contributed by atoms with E-state index in [2.05, 4.69) is 19.2 Å². The zero-order valence-corrected chi connectivity index (χ0v) is 11.6.